The van der Waals surface area contributed by atoms with Crippen LogP contribution in [0.4, 0.5) is 10.1 Å². The molecule has 1 aliphatic rings. The van der Waals surface area contributed by atoms with E-state index in [1.165, 1.54) is 18.2 Å². The highest BCUT2D eigenvalue weighted by Crippen LogP contribution is 2.27. The summed E-state index contributed by atoms with van der Waals surface area (Å²) in [5.41, 5.74) is 5.94. The molecule has 0 spiro atoms. The minimum absolute atomic E-state index is 0.0122. The lowest BCUT2D eigenvalue weighted by Crippen LogP contribution is -2.21. The lowest BCUT2D eigenvalue weighted by atomic mass is 10.1. The molecular weight excluding hydrogens is 401 g/mol. The number of anilines is 1. The number of rotatable bonds is 6. The second kappa shape index (κ2) is 8.95. The first kappa shape index (κ1) is 20.5. The molecule has 1 aromatic heterocycles. The SMILES string of the molecule is NC(=O)COc1ccccc1C(=O)Nc1cc(-c2nnc3n2CCCCC3)ccc1F. The zero-order chi connectivity index (χ0) is 21.8. The van der Waals surface area contributed by atoms with Gasteiger partial charge in [-0.15, -0.1) is 10.2 Å². The third-order valence-corrected chi connectivity index (χ3v) is 5.08. The number of primary amides is 1. The largest absolute Gasteiger partial charge is 0.483 e. The number of carbonyl (C=O) groups is 2. The standard InChI is InChI=1S/C22H22FN5O3/c23-16-10-9-14(21-27-26-20-8-2-1-5-11-28(20)21)12-17(16)25-22(30)15-6-3-4-7-18(15)31-13-19(24)29/h3-4,6-7,9-10,12H,1-2,5,8,11,13H2,(H2,24,29)(H,25,30). The maximum atomic E-state index is 14.5. The van der Waals surface area contributed by atoms with Gasteiger partial charge >= 0.3 is 0 Å². The number of hydrogen-bond acceptors (Lipinski definition) is 5. The molecule has 0 fully saturated rings. The average Bonchev–Trinajstić information content (AvgIpc) is 3.02. The number of benzene rings is 2. The molecule has 3 aromatic rings. The predicted molar refractivity (Wildman–Crippen MR) is 112 cm³/mol. The molecule has 2 heterocycles. The second-order valence-corrected chi connectivity index (χ2v) is 7.30. The summed E-state index contributed by atoms with van der Waals surface area (Å²) in [5.74, 6) is -0.0699. The molecule has 0 unspecified atom stereocenters. The Morgan fingerprint density at radius 1 is 1.13 bits per heavy atom. The highest BCUT2D eigenvalue weighted by molar-refractivity contribution is 6.06. The fourth-order valence-electron chi connectivity index (χ4n) is 3.58. The number of ether oxygens (including phenoxy) is 1. The Morgan fingerprint density at radius 3 is 2.81 bits per heavy atom. The van der Waals surface area contributed by atoms with E-state index < -0.39 is 17.6 Å². The molecule has 0 saturated carbocycles. The summed E-state index contributed by atoms with van der Waals surface area (Å²) in [4.78, 5) is 23.8. The van der Waals surface area contributed by atoms with Gasteiger partial charge in [-0.3, -0.25) is 9.59 Å². The summed E-state index contributed by atoms with van der Waals surface area (Å²) in [6.45, 7) is 0.438. The van der Waals surface area contributed by atoms with E-state index in [0.717, 1.165) is 38.1 Å². The molecule has 0 saturated heterocycles. The van der Waals surface area contributed by atoms with Crippen molar-refractivity contribution in [1.82, 2.24) is 14.8 Å². The first-order chi connectivity index (χ1) is 15.0. The van der Waals surface area contributed by atoms with Gasteiger partial charge in [-0.2, -0.15) is 0 Å². The van der Waals surface area contributed by atoms with Crippen molar-refractivity contribution >= 4 is 17.5 Å². The van der Waals surface area contributed by atoms with Crippen LogP contribution in [-0.4, -0.2) is 33.2 Å². The third-order valence-electron chi connectivity index (χ3n) is 5.08. The Bertz CT molecular complexity index is 1130. The quantitative estimate of drug-likeness (QED) is 0.633. The van der Waals surface area contributed by atoms with Crippen LogP contribution in [0.1, 0.15) is 35.4 Å². The summed E-state index contributed by atoms with van der Waals surface area (Å²) in [6, 6.07) is 10.8. The van der Waals surface area contributed by atoms with Crippen molar-refractivity contribution in [3.63, 3.8) is 0 Å². The van der Waals surface area contributed by atoms with E-state index in [-0.39, 0.29) is 23.6 Å². The van der Waals surface area contributed by atoms with Gasteiger partial charge in [-0.25, -0.2) is 4.39 Å². The molecule has 0 radical (unpaired) electrons. The molecule has 160 valence electrons. The minimum atomic E-state index is -0.665. The van der Waals surface area contributed by atoms with Gasteiger partial charge in [0.15, 0.2) is 12.4 Å². The molecular formula is C22H22FN5O3. The number of nitrogens with zero attached hydrogens (tertiary/aromatic N) is 3. The van der Waals surface area contributed by atoms with Crippen LogP contribution in [0.15, 0.2) is 42.5 Å². The Morgan fingerprint density at radius 2 is 1.97 bits per heavy atom. The van der Waals surface area contributed by atoms with Gasteiger partial charge in [0.05, 0.1) is 11.3 Å². The van der Waals surface area contributed by atoms with E-state index in [9.17, 15) is 14.0 Å². The monoisotopic (exact) mass is 423 g/mol. The number of para-hydroxylation sites is 1. The maximum Gasteiger partial charge on any atom is 0.259 e. The van der Waals surface area contributed by atoms with Gasteiger partial charge in [-0.05, 0) is 43.2 Å². The molecule has 3 N–H and O–H groups in total. The van der Waals surface area contributed by atoms with Crippen LogP contribution in [0.5, 0.6) is 5.75 Å². The number of carbonyl (C=O) groups excluding carboxylic acids is 2. The average molecular weight is 423 g/mol. The summed E-state index contributed by atoms with van der Waals surface area (Å²) < 4.78 is 21.8. The number of hydrogen-bond donors (Lipinski definition) is 2. The molecule has 4 rings (SSSR count). The van der Waals surface area contributed by atoms with Crippen LogP contribution in [0.2, 0.25) is 0 Å². The van der Waals surface area contributed by atoms with Crippen LogP contribution < -0.4 is 15.8 Å². The topological polar surface area (TPSA) is 112 Å². The molecule has 0 bridgehead atoms. The lowest BCUT2D eigenvalue weighted by Gasteiger charge is -2.12. The van der Waals surface area contributed by atoms with Crippen LogP contribution in [0.25, 0.3) is 11.4 Å². The van der Waals surface area contributed by atoms with E-state index in [0.29, 0.717) is 11.4 Å². The summed E-state index contributed by atoms with van der Waals surface area (Å²) in [7, 11) is 0. The minimum Gasteiger partial charge on any atom is -0.483 e. The van der Waals surface area contributed by atoms with Crippen molar-refractivity contribution in [2.45, 2.75) is 32.2 Å². The summed E-state index contributed by atoms with van der Waals surface area (Å²) in [5, 5.41) is 11.1. The van der Waals surface area contributed by atoms with E-state index >= 15 is 0 Å². The van der Waals surface area contributed by atoms with Gasteiger partial charge < -0.3 is 20.4 Å². The summed E-state index contributed by atoms with van der Waals surface area (Å²) >= 11 is 0. The first-order valence-corrected chi connectivity index (χ1v) is 10.1. The molecule has 0 atom stereocenters. The van der Waals surface area contributed by atoms with E-state index in [1.54, 1.807) is 24.3 Å². The van der Waals surface area contributed by atoms with Crippen LogP contribution >= 0.6 is 0 Å². The molecule has 9 heteroatoms. The number of nitrogens with one attached hydrogen (secondary N) is 1. The fraction of sp³-hybridized carbons (Fsp3) is 0.273. The first-order valence-electron chi connectivity index (χ1n) is 10.1. The number of nitrogens with two attached hydrogens (primary N) is 1. The molecule has 31 heavy (non-hydrogen) atoms. The lowest BCUT2D eigenvalue weighted by molar-refractivity contribution is -0.119. The zero-order valence-electron chi connectivity index (χ0n) is 16.8. The van der Waals surface area contributed by atoms with Gasteiger partial charge in [-0.1, -0.05) is 18.6 Å². The van der Waals surface area contributed by atoms with Crippen LogP contribution in [0.3, 0.4) is 0 Å². The number of halogens is 1. The third kappa shape index (κ3) is 4.55. The van der Waals surface area contributed by atoms with Crippen molar-refractivity contribution in [3.8, 4) is 17.1 Å². The number of aryl methyl sites for hydroxylation is 1. The van der Waals surface area contributed by atoms with Crippen molar-refractivity contribution in [2.24, 2.45) is 5.73 Å². The predicted octanol–water partition coefficient (Wildman–Crippen LogP) is 2.93. The normalized spacial score (nSPS) is 13.2. The molecule has 0 aliphatic carbocycles. The van der Waals surface area contributed by atoms with E-state index in [1.807, 2.05) is 0 Å². The van der Waals surface area contributed by atoms with Crippen molar-refractivity contribution in [2.75, 3.05) is 11.9 Å². The smallest absolute Gasteiger partial charge is 0.259 e. The van der Waals surface area contributed by atoms with E-state index in [2.05, 4.69) is 20.1 Å². The van der Waals surface area contributed by atoms with Crippen LogP contribution in [0, 0.1) is 5.82 Å². The Hall–Kier alpha value is -3.75. The van der Waals surface area contributed by atoms with Crippen LogP contribution in [-0.2, 0) is 17.8 Å². The zero-order valence-corrected chi connectivity index (χ0v) is 16.8. The highest BCUT2D eigenvalue weighted by atomic mass is 19.1. The van der Waals surface area contributed by atoms with E-state index in [4.69, 9.17) is 10.5 Å². The number of aromatic nitrogens is 3. The van der Waals surface area contributed by atoms with Crippen molar-refractivity contribution < 1.29 is 18.7 Å². The van der Waals surface area contributed by atoms with Crippen molar-refractivity contribution in [3.05, 3.63) is 59.7 Å². The Kier molecular flexibility index (Phi) is 5.92. The summed E-state index contributed by atoms with van der Waals surface area (Å²) in [6.07, 6.45) is 4.09. The van der Waals surface area contributed by atoms with Gasteiger partial charge in [0.2, 0.25) is 0 Å². The van der Waals surface area contributed by atoms with Gasteiger partial charge in [0.1, 0.15) is 17.4 Å². The maximum absolute atomic E-state index is 14.5. The van der Waals surface area contributed by atoms with Gasteiger partial charge in [0.25, 0.3) is 11.8 Å². The highest BCUT2D eigenvalue weighted by Gasteiger charge is 2.19. The van der Waals surface area contributed by atoms with Crippen molar-refractivity contribution in [1.29, 1.82) is 0 Å². The second-order valence-electron chi connectivity index (χ2n) is 7.30. The number of fused-ring (bicyclic) bond motifs is 1. The fourth-order valence-corrected chi connectivity index (χ4v) is 3.58. The van der Waals surface area contributed by atoms with Gasteiger partial charge in [0, 0.05) is 18.5 Å². The molecule has 2 amide bonds. The molecule has 8 nitrogen and oxygen atoms in total. The molecule has 1 aliphatic heterocycles. The molecule has 2 aromatic carbocycles. The Balaban J connectivity index is 1.60. The number of amides is 2. The Labute approximate surface area is 178 Å².